The number of aromatic amines is 1. The molecule has 0 unspecified atom stereocenters. The lowest BCUT2D eigenvalue weighted by Crippen LogP contribution is -2.41. The van der Waals surface area contributed by atoms with Crippen LogP contribution in [0.25, 0.3) is 0 Å². The highest BCUT2D eigenvalue weighted by atomic mass is 32.2. The molecule has 0 aliphatic carbocycles. The van der Waals surface area contributed by atoms with E-state index >= 15 is 0 Å². The van der Waals surface area contributed by atoms with Crippen LogP contribution in [0, 0.1) is 6.92 Å². The van der Waals surface area contributed by atoms with Gasteiger partial charge in [-0.05, 0) is 6.92 Å². The Hall–Kier alpha value is -1.72. The lowest BCUT2D eigenvalue weighted by molar-refractivity contribution is -0.137. The van der Waals surface area contributed by atoms with Gasteiger partial charge in [-0.25, -0.2) is 8.42 Å². The van der Waals surface area contributed by atoms with E-state index in [1.165, 1.54) is 6.92 Å². The molecule has 1 rings (SSSR count). The van der Waals surface area contributed by atoms with Crippen LogP contribution in [-0.2, 0) is 19.6 Å². The van der Waals surface area contributed by atoms with Gasteiger partial charge in [-0.3, -0.25) is 14.4 Å². The van der Waals surface area contributed by atoms with Crippen LogP contribution < -0.4 is 10.6 Å². The number of aromatic nitrogens is 1. The van der Waals surface area contributed by atoms with Gasteiger partial charge in [0.1, 0.15) is 6.54 Å². The van der Waals surface area contributed by atoms with Crippen molar-refractivity contribution in [3.05, 3.63) is 15.4 Å². The highest BCUT2D eigenvalue weighted by molar-refractivity contribution is 7.91. The summed E-state index contributed by atoms with van der Waals surface area (Å²) in [5.41, 5.74) is 4.96. The Balaban J connectivity index is 3.26. The van der Waals surface area contributed by atoms with Gasteiger partial charge in [0.2, 0.25) is 5.91 Å². The highest BCUT2D eigenvalue weighted by Gasteiger charge is 2.31. The molecule has 1 heterocycles. The first kappa shape index (κ1) is 15.3. The number of primary amides is 1. The van der Waals surface area contributed by atoms with Crippen LogP contribution in [0.15, 0.2) is 9.00 Å². The first-order valence-electron chi connectivity index (χ1n) is 4.84. The van der Waals surface area contributed by atoms with Gasteiger partial charge in [0.15, 0.2) is 4.21 Å². The number of nitrogens with two attached hydrogens (primary N) is 1. The molecule has 0 radical (unpaired) electrons. The van der Waals surface area contributed by atoms with E-state index in [4.69, 9.17) is 10.8 Å². The molecule has 0 aromatic carbocycles. The van der Waals surface area contributed by atoms with Crippen LogP contribution in [0.3, 0.4) is 0 Å². The molecule has 0 saturated carbocycles. The van der Waals surface area contributed by atoms with Gasteiger partial charge in [0, 0.05) is 5.69 Å². The Labute approximate surface area is 111 Å². The normalized spacial score (nSPS) is 11.7. The van der Waals surface area contributed by atoms with Gasteiger partial charge in [-0.1, -0.05) is 11.3 Å². The summed E-state index contributed by atoms with van der Waals surface area (Å²) in [6.07, 6.45) is 0. The number of aliphatic carboxylic acids is 1. The molecule has 0 bridgehead atoms. The van der Waals surface area contributed by atoms with E-state index < -0.39 is 39.9 Å². The third-order valence-electron chi connectivity index (χ3n) is 2.00. The third-order valence-corrected chi connectivity index (χ3v) is 5.37. The summed E-state index contributed by atoms with van der Waals surface area (Å²) >= 11 is 0.418. The van der Waals surface area contributed by atoms with Gasteiger partial charge in [0.05, 0.1) is 6.54 Å². The molecule has 0 atom stereocenters. The summed E-state index contributed by atoms with van der Waals surface area (Å²) in [5.74, 6) is -2.43. The van der Waals surface area contributed by atoms with E-state index in [0.29, 0.717) is 15.6 Å². The van der Waals surface area contributed by atoms with Crippen LogP contribution in [0.2, 0.25) is 0 Å². The van der Waals surface area contributed by atoms with E-state index in [1.54, 1.807) is 0 Å². The number of carboxylic acid groups (broad SMARTS) is 1. The Morgan fingerprint density at radius 1 is 1.42 bits per heavy atom. The predicted molar refractivity (Wildman–Crippen MR) is 65.3 cm³/mol. The molecule has 0 spiro atoms. The molecule has 4 N–H and O–H groups in total. The van der Waals surface area contributed by atoms with E-state index in [2.05, 4.69) is 4.98 Å². The smallest absolute Gasteiger partial charge is 0.318 e. The van der Waals surface area contributed by atoms with Crippen molar-refractivity contribution in [2.24, 2.45) is 5.73 Å². The number of sulfonamides is 1. The summed E-state index contributed by atoms with van der Waals surface area (Å²) in [5, 5.41) is 8.66. The molecule has 9 nitrogen and oxygen atoms in total. The predicted octanol–water partition coefficient (Wildman–Crippen LogP) is -1.69. The summed E-state index contributed by atoms with van der Waals surface area (Å²) in [6.45, 7) is -0.342. The van der Waals surface area contributed by atoms with Crippen LogP contribution in [0.1, 0.15) is 5.69 Å². The molecule has 0 saturated heterocycles. The molecule has 1 aromatic heterocycles. The maximum absolute atomic E-state index is 12.1. The van der Waals surface area contributed by atoms with Crippen LogP contribution >= 0.6 is 11.3 Å². The summed E-state index contributed by atoms with van der Waals surface area (Å²) < 4.78 is 24.4. The molecule has 1 amide bonds. The maximum Gasteiger partial charge on any atom is 0.318 e. The van der Waals surface area contributed by atoms with Crippen molar-refractivity contribution in [3.63, 3.8) is 0 Å². The molecular formula is C8H11N3O6S2. The number of carbonyl (C=O) groups is 2. The van der Waals surface area contributed by atoms with E-state index in [1.807, 2.05) is 0 Å². The number of thiazole rings is 1. The number of carboxylic acids is 1. The Bertz CT molecular complexity index is 642. The second-order valence-corrected chi connectivity index (χ2v) is 6.68. The topological polar surface area (TPSA) is 151 Å². The second-order valence-electron chi connectivity index (χ2n) is 3.56. The van der Waals surface area contributed by atoms with Gasteiger partial charge < -0.3 is 15.8 Å². The number of aryl methyl sites for hydroxylation is 1. The minimum absolute atomic E-state index is 0.0786. The molecule has 106 valence electrons. The minimum Gasteiger partial charge on any atom is -0.480 e. The van der Waals surface area contributed by atoms with Crippen molar-refractivity contribution in [2.75, 3.05) is 13.1 Å². The second kappa shape index (κ2) is 5.50. The van der Waals surface area contributed by atoms with Crippen molar-refractivity contribution < 1.29 is 23.1 Å². The number of hydrogen-bond donors (Lipinski definition) is 3. The number of hydrogen-bond acceptors (Lipinski definition) is 6. The number of H-pyrrole nitrogens is 1. The van der Waals surface area contributed by atoms with Crippen molar-refractivity contribution >= 4 is 33.2 Å². The first-order chi connectivity index (χ1) is 8.64. The van der Waals surface area contributed by atoms with Crippen LogP contribution in [0.5, 0.6) is 0 Å². The fourth-order valence-corrected chi connectivity index (χ4v) is 4.10. The average molecular weight is 309 g/mol. The zero-order valence-electron chi connectivity index (χ0n) is 9.74. The van der Waals surface area contributed by atoms with E-state index in [-0.39, 0.29) is 9.90 Å². The van der Waals surface area contributed by atoms with Gasteiger partial charge in [0.25, 0.3) is 10.0 Å². The molecule has 1 aromatic rings. The van der Waals surface area contributed by atoms with Gasteiger partial charge in [-0.2, -0.15) is 4.31 Å². The first-order valence-corrected chi connectivity index (χ1v) is 7.10. The van der Waals surface area contributed by atoms with Crippen molar-refractivity contribution in [1.29, 1.82) is 0 Å². The number of nitrogens with zero attached hydrogens (tertiary/aromatic N) is 1. The molecule has 0 fully saturated rings. The minimum atomic E-state index is -4.26. The summed E-state index contributed by atoms with van der Waals surface area (Å²) in [6, 6.07) is 0. The fraction of sp³-hybridized carbons (Fsp3) is 0.375. The lowest BCUT2D eigenvalue weighted by atomic mass is 10.5. The Kier molecular flexibility index (Phi) is 4.44. The SMILES string of the molecule is Cc1[nH]c(=O)sc1S(=O)(=O)N(CC(N)=O)CC(=O)O. The monoisotopic (exact) mass is 309 g/mol. The zero-order valence-corrected chi connectivity index (χ0v) is 11.4. The van der Waals surface area contributed by atoms with Gasteiger partial charge in [-0.15, -0.1) is 0 Å². The average Bonchev–Trinajstić information content (AvgIpc) is 2.56. The zero-order chi connectivity index (χ0) is 14.8. The van der Waals surface area contributed by atoms with E-state index in [0.717, 1.165) is 0 Å². The van der Waals surface area contributed by atoms with Crippen LogP contribution in [0.4, 0.5) is 0 Å². The highest BCUT2D eigenvalue weighted by Crippen LogP contribution is 2.20. The maximum atomic E-state index is 12.1. The van der Waals surface area contributed by atoms with Crippen molar-refractivity contribution in [3.8, 4) is 0 Å². The third kappa shape index (κ3) is 3.62. The van der Waals surface area contributed by atoms with E-state index in [9.17, 15) is 22.8 Å². The van der Waals surface area contributed by atoms with Crippen molar-refractivity contribution in [2.45, 2.75) is 11.1 Å². The quantitative estimate of drug-likeness (QED) is 0.570. The fourth-order valence-electron chi connectivity index (χ4n) is 1.30. The van der Waals surface area contributed by atoms with Crippen molar-refractivity contribution in [1.82, 2.24) is 9.29 Å². The molecular weight excluding hydrogens is 298 g/mol. The van der Waals surface area contributed by atoms with Crippen LogP contribution in [-0.4, -0.2) is 47.8 Å². The Morgan fingerprint density at radius 2 is 2.00 bits per heavy atom. The van der Waals surface area contributed by atoms with Gasteiger partial charge >= 0.3 is 10.8 Å². The molecule has 19 heavy (non-hydrogen) atoms. The number of carbonyl (C=O) groups excluding carboxylic acids is 1. The number of rotatable bonds is 6. The lowest BCUT2D eigenvalue weighted by Gasteiger charge is -2.17. The number of nitrogens with one attached hydrogen (secondary N) is 1. The summed E-state index contributed by atoms with van der Waals surface area (Å²) in [7, 11) is -4.26. The summed E-state index contributed by atoms with van der Waals surface area (Å²) in [4.78, 5) is 34.2. The largest absolute Gasteiger partial charge is 0.480 e. The molecule has 0 aliphatic heterocycles. The molecule has 11 heteroatoms. The number of amides is 1. The molecule has 0 aliphatic rings. The Morgan fingerprint density at radius 3 is 2.37 bits per heavy atom. The standard InChI is InChI=1S/C8H11N3O6S2/c1-4-7(18-8(15)10-4)19(16,17)11(2-5(9)12)3-6(13)14/h2-3H2,1H3,(H2,9,12)(H,10,15)(H,13,14).